The fourth-order valence-electron chi connectivity index (χ4n) is 2.47. The Hall–Kier alpha value is -2.90. The Morgan fingerprint density at radius 2 is 1.85 bits per heavy atom. The molecule has 0 atom stereocenters. The van der Waals surface area contributed by atoms with Crippen LogP contribution in [-0.2, 0) is 19.1 Å². The molecule has 1 aromatic rings. The van der Waals surface area contributed by atoms with Crippen LogP contribution < -0.4 is 15.5 Å². The van der Waals surface area contributed by atoms with Crippen LogP contribution in [0.4, 0.5) is 5.69 Å². The van der Waals surface area contributed by atoms with Gasteiger partial charge in [0.05, 0.1) is 12.1 Å². The van der Waals surface area contributed by atoms with Crippen LogP contribution in [0.15, 0.2) is 24.3 Å². The smallest absolute Gasteiger partial charge is 0.338 e. The number of nitrogens with one attached hydrogen (secondary N) is 2. The van der Waals surface area contributed by atoms with Gasteiger partial charge in [0.15, 0.2) is 6.61 Å². The zero-order valence-corrected chi connectivity index (χ0v) is 14.7. The third-order valence-electron chi connectivity index (χ3n) is 3.84. The lowest BCUT2D eigenvalue weighted by molar-refractivity contribution is -0.127. The second-order valence-electron chi connectivity index (χ2n) is 5.90. The summed E-state index contributed by atoms with van der Waals surface area (Å²) in [7, 11) is 0. The number of ether oxygens (including phenoxy) is 1. The molecule has 1 aliphatic rings. The number of benzene rings is 1. The minimum Gasteiger partial charge on any atom is -0.452 e. The summed E-state index contributed by atoms with van der Waals surface area (Å²) in [6, 6.07) is 6.47. The maximum Gasteiger partial charge on any atom is 0.338 e. The second kappa shape index (κ2) is 9.55. The van der Waals surface area contributed by atoms with E-state index >= 15 is 0 Å². The lowest BCUT2D eigenvalue weighted by Gasteiger charge is -2.15. The molecule has 1 heterocycles. The van der Waals surface area contributed by atoms with Crippen LogP contribution in [0.5, 0.6) is 0 Å². The molecule has 0 bridgehead atoms. The van der Waals surface area contributed by atoms with E-state index in [2.05, 4.69) is 10.6 Å². The van der Waals surface area contributed by atoms with Gasteiger partial charge < -0.3 is 20.3 Å². The molecular formula is C18H23N3O5. The Morgan fingerprint density at radius 1 is 1.12 bits per heavy atom. The van der Waals surface area contributed by atoms with E-state index in [0.717, 1.165) is 18.5 Å². The lowest BCUT2D eigenvalue weighted by atomic mass is 10.2. The standard InChI is InChI=1S/C18H23N3O5/c1-2-9-19-15(22)11-20-16(23)12-26-18(25)13-5-7-14(8-6-13)21-10-3-4-17(21)24/h5-8H,2-4,9-12H2,1H3,(H,19,22)(H,20,23). The van der Waals surface area contributed by atoms with E-state index in [-0.39, 0.29) is 23.9 Å². The van der Waals surface area contributed by atoms with Crippen molar-refractivity contribution in [2.24, 2.45) is 0 Å². The molecule has 2 rings (SSSR count). The SMILES string of the molecule is CCCNC(=O)CNC(=O)COC(=O)c1ccc(N2CCCC2=O)cc1. The van der Waals surface area contributed by atoms with Gasteiger partial charge in [-0.3, -0.25) is 14.4 Å². The number of esters is 1. The van der Waals surface area contributed by atoms with Crippen molar-refractivity contribution in [1.29, 1.82) is 0 Å². The van der Waals surface area contributed by atoms with Crippen molar-refractivity contribution in [3.63, 3.8) is 0 Å². The normalized spacial score (nSPS) is 13.4. The van der Waals surface area contributed by atoms with Gasteiger partial charge in [-0.1, -0.05) is 6.92 Å². The van der Waals surface area contributed by atoms with Crippen LogP contribution in [0.1, 0.15) is 36.5 Å². The van der Waals surface area contributed by atoms with Gasteiger partial charge in [-0.2, -0.15) is 0 Å². The zero-order chi connectivity index (χ0) is 18.9. The summed E-state index contributed by atoms with van der Waals surface area (Å²) < 4.78 is 4.93. The molecule has 140 valence electrons. The number of anilines is 1. The fourth-order valence-corrected chi connectivity index (χ4v) is 2.47. The van der Waals surface area contributed by atoms with Crippen LogP contribution in [0.25, 0.3) is 0 Å². The van der Waals surface area contributed by atoms with E-state index < -0.39 is 18.5 Å². The van der Waals surface area contributed by atoms with Crippen molar-refractivity contribution in [3.05, 3.63) is 29.8 Å². The van der Waals surface area contributed by atoms with Gasteiger partial charge in [-0.05, 0) is 37.1 Å². The van der Waals surface area contributed by atoms with Gasteiger partial charge in [0, 0.05) is 25.2 Å². The number of hydrogen-bond donors (Lipinski definition) is 2. The molecule has 0 radical (unpaired) electrons. The van der Waals surface area contributed by atoms with Crippen LogP contribution >= 0.6 is 0 Å². The summed E-state index contributed by atoms with van der Waals surface area (Å²) in [5.41, 5.74) is 1.02. The van der Waals surface area contributed by atoms with Crippen molar-refractivity contribution in [2.45, 2.75) is 26.2 Å². The van der Waals surface area contributed by atoms with Crippen molar-refractivity contribution in [1.82, 2.24) is 10.6 Å². The van der Waals surface area contributed by atoms with Crippen LogP contribution in [0.2, 0.25) is 0 Å². The van der Waals surface area contributed by atoms with Gasteiger partial charge in [0.2, 0.25) is 11.8 Å². The first-order valence-electron chi connectivity index (χ1n) is 8.62. The number of hydrogen-bond acceptors (Lipinski definition) is 5. The van der Waals surface area contributed by atoms with Crippen molar-refractivity contribution >= 4 is 29.4 Å². The Morgan fingerprint density at radius 3 is 2.46 bits per heavy atom. The van der Waals surface area contributed by atoms with Crippen LogP contribution in [0, 0.1) is 0 Å². The molecule has 0 aliphatic carbocycles. The molecule has 0 spiro atoms. The Balaban J connectivity index is 1.76. The molecule has 3 amide bonds. The van der Waals surface area contributed by atoms with Crippen molar-refractivity contribution in [2.75, 3.05) is 31.1 Å². The van der Waals surface area contributed by atoms with Crippen molar-refractivity contribution in [3.8, 4) is 0 Å². The molecule has 1 aliphatic heterocycles. The molecule has 2 N–H and O–H groups in total. The summed E-state index contributed by atoms with van der Waals surface area (Å²) in [6.45, 7) is 2.52. The Kier molecular flexibility index (Phi) is 7.13. The summed E-state index contributed by atoms with van der Waals surface area (Å²) in [5, 5.41) is 5.00. The lowest BCUT2D eigenvalue weighted by Crippen LogP contribution is -2.38. The average Bonchev–Trinajstić information content (AvgIpc) is 3.08. The molecule has 1 aromatic carbocycles. The average molecular weight is 361 g/mol. The van der Waals surface area contributed by atoms with E-state index in [1.54, 1.807) is 29.2 Å². The van der Waals surface area contributed by atoms with E-state index in [0.29, 0.717) is 19.5 Å². The third-order valence-corrected chi connectivity index (χ3v) is 3.84. The number of carbonyl (C=O) groups excluding carboxylic acids is 4. The molecule has 0 aromatic heterocycles. The highest BCUT2D eigenvalue weighted by molar-refractivity contribution is 5.96. The third kappa shape index (κ3) is 5.58. The quantitative estimate of drug-likeness (QED) is 0.660. The van der Waals surface area contributed by atoms with Gasteiger partial charge >= 0.3 is 5.97 Å². The summed E-state index contributed by atoms with van der Waals surface area (Å²) in [6.07, 6.45) is 2.17. The van der Waals surface area contributed by atoms with Crippen LogP contribution in [-0.4, -0.2) is 49.9 Å². The molecule has 26 heavy (non-hydrogen) atoms. The molecule has 8 nitrogen and oxygen atoms in total. The van der Waals surface area contributed by atoms with E-state index in [1.807, 2.05) is 6.92 Å². The summed E-state index contributed by atoms with van der Waals surface area (Å²) >= 11 is 0. The highest BCUT2D eigenvalue weighted by Crippen LogP contribution is 2.21. The minimum atomic E-state index is -0.644. The maximum atomic E-state index is 12.0. The van der Waals surface area contributed by atoms with Crippen molar-refractivity contribution < 1.29 is 23.9 Å². The monoisotopic (exact) mass is 361 g/mol. The van der Waals surface area contributed by atoms with Gasteiger partial charge in [0.1, 0.15) is 0 Å². The van der Waals surface area contributed by atoms with E-state index in [4.69, 9.17) is 4.74 Å². The van der Waals surface area contributed by atoms with E-state index in [1.165, 1.54) is 0 Å². The molecule has 0 unspecified atom stereocenters. The first-order chi connectivity index (χ1) is 12.5. The predicted octanol–water partition coefficient (Wildman–Crippen LogP) is 0.613. The molecule has 8 heteroatoms. The second-order valence-corrected chi connectivity index (χ2v) is 5.90. The molecule has 0 saturated carbocycles. The predicted molar refractivity (Wildman–Crippen MR) is 94.6 cm³/mol. The number of amides is 3. The Labute approximate surface area is 151 Å². The first kappa shape index (κ1) is 19.4. The number of rotatable bonds is 8. The van der Waals surface area contributed by atoms with Gasteiger partial charge in [-0.25, -0.2) is 4.79 Å². The largest absolute Gasteiger partial charge is 0.452 e. The summed E-state index contributed by atoms with van der Waals surface area (Å²) in [5.74, 6) is -1.42. The molecular weight excluding hydrogens is 338 g/mol. The highest BCUT2D eigenvalue weighted by Gasteiger charge is 2.21. The van der Waals surface area contributed by atoms with Crippen LogP contribution in [0.3, 0.4) is 0 Å². The number of carbonyl (C=O) groups is 4. The molecule has 1 saturated heterocycles. The summed E-state index contributed by atoms with van der Waals surface area (Å²) in [4.78, 5) is 48.3. The maximum absolute atomic E-state index is 12.0. The topological polar surface area (TPSA) is 105 Å². The minimum absolute atomic E-state index is 0.0694. The van der Waals surface area contributed by atoms with E-state index in [9.17, 15) is 19.2 Å². The van der Waals surface area contributed by atoms with Gasteiger partial charge in [0.25, 0.3) is 5.91 Å². The zero-order valence-electron chi connectivity index (χ0n) is 14.7. The Bertz CT molecular complexity index is 672. The number of nitrogens with zero attached hydrogens (tertiary/aromatic N) is 1. The van der Waals surface area contributed by atoms with Gasteiger partial charge in [-0.15, -0.1) is 0 Å². The highest BCUT2D eigenvalue weighted by atomic mass is 16.5. The fraction of sp³-hybridized carbons (Fsp3) is 0.444. The first-order valence-corrected chi connectivity index (χ1v) is 8.62. The molecule has 1 fully saturated rings.